The summed E-state index contributed by atoms with van der Waals surface area (Å²) in [6.45, 7) is 7.97. The molecule has 162 valence electrons. The van der Waals surface area contributed by atoms with E-state index in [-0.39, 0.29) is 11.9 Å². The topological polar surface area (TPSA) is 72.3 Å². The number of nitrogens with one attached hydrogen (secondary N) is 1. The van der Waals surface area contributed by atoms with Gasteiger partial charge < -0.3 is 15.0 Å². The van der Waals surface area contributed by atoms with Crippen molar-refractivity contribution in [1.29, 1.82) is 0 Å². The number of hydrogen-bond acceptors (Lipinski definition) is 6. The van der Waals surface area contributed by atoms with Crippen molar-refractivity contribution in [2.45, 2.75) is 57.3 Å². The summed E-state index contributed by atoms with van der Waals surface area (Å²) in [4.78, 5) is 14.8. The fraction of sp³-hybridized carbons (Fsp3) is 0.591. The number of aryl methyl sites for hydroxylation is 2. The first kappa shape index (κ1) is 21.2. The summed E-state index contributed by atoms with van der Waals surface area (Å²) in [5, 5.41) is 12.6. The zero-order valence-corrected chi connectivity index (χ0v) is 18.7. The third-order valence-corrected chi connectivity index (χ3v) is 6.86. The number of carbonyl (C=O) groups excluding carboxylic acids is 1. The van der Waals surface area contributed by atoms with E-state index in [1.807, 2.05) is 0 Å². The second kappa shape index (κ2) is 9.83. The van der Waals surface area contributed by atoms with Gasteiger partial charge in [-0.2, -0.15) is 0 Å². The molecule has 0 radical (unpaired) electrons. The SMILES string of the molecule is CCn1c(SCC(=O)N[C@@H](C)c2ccc3c(c2)CCCC3)nnc1N1CCOCC1. The van der Waals surface area contributed by atoms with Gasteiger partial charge in [-0.25, -0.2) is 0 Å². The Morgan fingerprint density at radius 3 is 2.73 bits per heavy atom. The number of thioether (sulfide) groups is 1. The minimum absolute atomic E-state index is 0.00159. The molecule has 1 aromatic carbocycles. The Bertz CT molecular complexity index is 878. The molecule has 1 atom stereocenters. The molecule has 1 aliphatic carbocycles. The highest BCUT2D eigenvalue weighted by Crippen LogP contribution is 2.26. The number of rotatable bonds is 7. The summed E-state index contributed by atoms with van der Waals surface area (Å²) >= 11 is 1.44. The highest BCUT2D eigenvalue weighted by Gasteiger charge is 2.21. The van der Waals surface area contributed by atoms with Crippen molar-refractivity contribution >= 4 is 23.6 Å². The van der Waals surface area contributed by atoms with Crippen LogP contribution in [0, 0.1) is 0 Å². The highest BCUT2D eigenvalue weighted by molar-refractivity contribution is 7.99. The minimum atomic E-state index is -0.00159. The summed E-state index contributed by atoms with van der Waals surface area (Å²) in [5.41, 5.74) is 4.09. The number of benzene rings is 1. The number of aromatic nitrogens is 3. The number of amides is 1. The van der Waals surface area contributed by atoms with Gasteiger partial charge in [0, 0.05) is 19.6 Å². The van der Waals surface area contributed by atoms with Gasteiger partial charge in [-0.15, -0.1) is 10.2 Å². The summed E-state index contributed by atoms with van der Waals surface area (Å²) in [6, 6.07) is 6.66. The lowest BCUT2D eigenvalue weighted by Gasteiger charge is -2.27. The summed E-state index contributed by atoms with van der Waals surface area (Å²) in [6.07, 6.45) is 4.87. The molecule has 1 amide bonds. The van der Waals surface area contributed by atoms with Crippen LogP contribution in [0.1, 0.15) is 49.4 Å². The van der Waals surface area contributed by atoms with E-state index in [4.69, 9.17) is 4.74 Å². The third kappa shape index (κ3) is 4.81. The molecule has 1 saturated heterocycles. The lowest BCUT2D eigenvalue weighted by molar-refractivity contribution is -0.119. The van der Waals surface area contributed by atoms with Crippen LogP contribution in [0.3, 0.4) is 0 Å². The lowest BCUT2D eigenvalue weighted by Crippen LogP contribution is -2.38. The molecule has 2 heterocycles. The van der Waals surface area contributed by atoms with Crippen molar-refractivity contribution < 1.29 is 9.53 Å². The molecule has 1 aromatic heterocycles. The van der Waals surface area contributed by atoms with E-state index >= 15 is 0 Å². The fourth-order valence-corrected chi connectivity index (χ4v) is 4.99. The monoisotopic (exact) mass is 429 g/mol. The van der Waals surface area contributed by atoms with Gasteiger partial charge in [0.25, 0.3) is 0 Å². The molecule has 1 N–H and O–H groups in total. The molecule has 2 aliphatic rings. The van der Waals surface area contributed by atoms with E-state index in [0.717, 1.165) is 37.2 Å². The van der Waals surface area contributed by atoms with Crippen LogP contribution in [0.15, 0.2) is 23.4 Å². The Balaban J connectivity index is 1.34. The van der Waals surface area contributed by atoms with Gasteiger partial charge in [0.2, 0.25) is 11.9 Å². The summed E-state index contributed by atoms with van der Waals surface area (Å²) in [7, 11) is 0. The average molecular weight is 430 g/mol. The Labute approximate surface area is 182 Å². The van der Waals surface area contributed by atoms with Crippen molar-refractivity contribution in [3.05, 3.63) is 34.9 Å². The number of morpholine rings is 1. The quantitative estimate of drug-likeness (QED) is 0.682. The van der Waals surface area contributed by atoms with Crippen LogP contribution < -0.4 is 10.2 Å². The van der Waals surface area contributed by atoms with Crippen LogP contribution in [-0.2, 0) is 28.9 Å². The molecule has 0 saturated carbocycles. The van der Waals surface area contributed by atoms with Gasteiger partial charge in [-0.05, 0) is 56.2 Å². The smallest absolute Gasteiger partial charge is 0.230 e. The van der Waals surface area contributed by atoms with E-state index < -0.39 is 0 Å². The van der Waals surface area contributed by atoms with Crippen LogP contribution in [0.5, 0.6) is 0 Å². The second-order valence-electron chi connectivity index (χ2n) is 7.94. The van der Waals surface area contributed by atoms with Gasteiger partial charge in [0.05, 0.1) is 25.0 Å². The van der Waals surface area contributed by atoms with Crippen LogP contribution in [0.2, 0.25) is 0 Å². The lowest BCUT2D eigenvalue weighted by atomic mass is 9.89. The van der Waals surface area contributed by atoms with Crippen molar-refractivity contribution in [1.82, 2.24) is 20.1 Å². The summed E-state index contributed by atoms with van der Waals surface area (Å²) in [5.74, 6) is 1.21. The molecule has 30 heavy (non-hydrogen) atoms. The van der Waals surface area contributed by atoms with E-state index in [1.165, 1.54) is 47.7 Å². The fourth-order valence-electron chi connectivity index (χ4n) is 4.18. The molecule has 4 rings (SSSR count). The molecule has 1 fully saturated rings. The molecule has 0 unspecified atom stereocenters. The maximum Gasteiger partial charge on any atom is 0.230 e. The molecule has 0 bridgehead atoms. The average Bonchev–Trinajstić information content (AvgIpc) is 3.21. The number of carbonyl (C=O) groups is 1. The number of nitrogens with zero attached hydrogens (tertiary/aromatic N) is 4. The Morgan fingerprint density at radius 1 is 1.20 bits per heavy atom. The molecule has 1 aliphatic heterocycles. The molecule has 0 spiro atoms. The van der Waals surface area contributed by atoms with Gasteiger partial charge in [-0.1, -0.05) is 30.0 Å². The van der Waals surface area contributed by atoms with E-state index in [0.29, 0.717) is 19.0 Å². The second-order valence-corrected chi connectivity index (χ2v) is 8.88. The molecule has 8 heteroatoms. The van der Waals surface area contributed by atoms with Crippen LogP contribution in [-0.4, -0.2) is 52.7 Å². The number of fused-ring (bicyclic) bond motifs is 1. The first-order valence-corrected chi connectivity index (χ1v) is 11.9. The maximum atomic E-state index is 12.6. The highest BCUT2D eigenvalue weighted by atomic mass is 32.2. The van der Waals surface area contributed by atoms with Gasteiger partial charge in [-0.3, -0.25) is 9.36 Å². The Kier molecular flexibility index (Phi) is 6.94. The third-order valence-electron chi connectivity index (χ3n) is 5.89. The maximum absolute atomic E-state index is 12.6. The molecular formula is C22H31N5O2S. The van der Waals surface area contributed by atoms with E-state index in [1.54, 1.807) is 0 Å². The predicted octanol–water partition coefficient (Wildman–Crippen LogP) is 2.98. The van der Waals surface area contributed by atoms with Crippen molar-refractivity contribution in [2.24, 2.45) is 0 Å². The first-order chi connectivity index (χ1) is 14.7. The largest absolute Gasteiger partial charge is 0.378 e. The number of ether oxygens (including phenoxy) is 1. The molecule has 2 aromatic rings. The van der Waals surface area contributed by atoms with Crippen molar-refractivity contribution in [3.8, 4) is 0 Å². The number of anilines is 1. The summed E-state index contributed by atoms with van der Waals surface area (Å²) < 4.78 is 7.51. The zero-order chi connectivity index (χ0) is 20.9. The van der Waals surface area contributed by atoms with Gasteiger partial charge >= 0.3 is 0 Å². The molecular weight excluding hydrogens is 398 g/mol. The van der Waals surface area contributed by atoms with Crippen LogP contribution >= 0.6 is 11.8 Å². The van der Waals surface area contributed by atoms with Crippen LogP contribution in [0.4, 0.5) is 5.95 Å². The first-order valence-electron chi connectivity index (χ1n) is 11.0. The number of hydrogen-bond donors (Lipinski definition) is 1. The van der Waals surface area contributed by atoms with E-state index in [2.05, 4.69) is 57.0 Å². The molecule has 7 nitrogen and oxygen atoms in total. The Hall–Kier alpha value is -2.06. The van der Waals surface area contributed by atoms with Gasteiger partial charge in [0.15, 0.2) is 5.16 Å². The standard InChI is InChI=1S/C22H31N5O2S/c1-3-27-21(26-10-12-29-13-11-26)24-25-22(27)30-15-20(28)23-16(2)18-9-8-17-6-4-5-7-19(17)14-18/h8-9,14,16H,3-7,10-13,15H2,1-2H3,(H,23,28)/t16-/m0/s1. The van der Waals surface area contributed by atoms with Crippen molar-refractivity contribution in [2.75, 3.05) is 37.0 Å². The Morgan fingerprint density at radius 2 is 1.97 bits per heavy atom. The zero-order valence-electron chi connectivity index (χ0n) is 17.9. The van der Waals surface area contributed by atoms with Gasteiger partial charge in [0.1, 0.15) is 0 Å². The minimum Gasteiger partial charge on any atom is -0.378 e. The van der Waals surface area contributed by atoms with Crippen molar-refractivity contribution in [3.63, 3.8) is 0 Å². The predicted molar refractivity (Wildman–Crippen MR) is 119 cm³/mol. The van der Waals surface area contributed by atoms with E-state index in [9.17, 15) is 4.79 Å². The normalized spacial score (nSPS) is 17.5. The van der Waals surface area contributed by atoms with Crippen LogP contribution in [0.25, 0.3) is 0 Å².